The van der Waals surface area contributed by atoms with Crippen LogP contribution in [0.5, 0.6) is 0 Å². The summed E-state index contributed by atoms with van der Waals surface area (Å²) in [5.74, 6) is -0.164. The number of anilines is 1. The number of nitrogens with two attached hydrogens (primary N) is 1. The van der Waals surface area contributed by atoms with Crippen LogP contribution in [-0.4, -0.2) is 10.9 Å². The van der Waals surface area contributed by atoms with Crippen molar-refractivity contribution < 1.29 is 4.79 Å². The van der Waals surface area contributed by atoms with E-state index < -0.39 is 0 Å². The van der Waals surface area contributed by atoms with Crippen molar-refractivity contribution in [3.63, 3.8) is 0 Å². The molecule has 3 aromatic rings. The molecule has 3 N–H and O–H groups in total. The molecule has 4 nitrogen and oxygen atoms in total. The van der Waals surface area contributed by atoms with Gasteiger partial charge in [0.05, 0.1) is 17.4 Å². The quantitative estimate of drug-likeness (QED) is 0.773. The Morgan fingerprint density at radius 3 is 2.81 bits per heavy atom. The number of carbonyl (C=O) groups excluding carboxylic acids is 1. The van der Waals surface area contributed by atoms with Gasteiger partial charge in [0.1, 0.15) is 0 Å². The summed E-state index contributed by atoms with van der Waals surface area (Å²) < 4.78 is 0. The molecular weight excluding hydrogens is 262 g/mol. The molecular formula is C17H15N3O. The van der Waals surface area contributed by atoms with Crippen molar-refractivity contribution in [1.82, 2.24) is 4.98 Å². The van der Waals surface area contributed by atoms with Gasteiger partial charge in [0.25, 0.3) is 5.91 Å². The zero-order valence-corrected chi connectivity index (χ0v) is 11.4. The first-order chi connectivity index (χ1) is 10.3. The number of hydrogen-bond donors (Lipinski definition) is 2. The third-order valence-electron chi connectivity index (χ3n) is 3.27. The van der Waals surface area contributed by atoms with Crippen molar-refractivity contribution >= 4 is 22.5 Å². The maximum Gasteiger partial charge on any atom is 0.255 e. The molecule has 4 heteroatoms. The van der Waals surface area contributed by atoms with E-state index in [1.54, 1.807) is 18.3 Å². The second kappa shape index (κ2) is 5.73. The molecule has 0 radical (unpaired) electrons. The van der Waals surface area contributed by atoms with E-state index in [2.05, 4.69) is 10.3 Å². The third kappa shape index (κ3) is 2.90. The number of pyridine rings is 1. The number of nitrogens with one attached hydrogen (secondary N) is 1. The van der Waals surface area contributed by atoms with E-state index in [1.165, 1.54) is 0 Å². The molecule has 0 saturated carbocycles. The van der Waals surface area contributed by atoms with Crippen LogP contribution in [0.3, 0.4) is 0 Å². The van der Waals surface area contributed by atoms with E-state index in [1.807, 2.05) is 42.5 Å². The summed E-state index contributed by atoms with van der Waals surface area (Å²) in [5, 5.41) is 3.85. The lowest BCUT2D eigenvalue weighted by molar-refractivity contribution is 0.102. The maximum absolute atomic E-state index is 12.2. The number of aromatic nitrogens is 1. The van der Waals surface area contributed by atoms with E-state index in [-0.39, 0.29) is 5.91 Å². The lowest BCUT2D eigenvalue weighted by atomic mass is 10.1. The summed E-state index contributed by atoms with van der Waals surface area (Å²) in [6.45, 7) is 0.415. The average molecular weight is 277 g/mol. The van der Waals surface area contributed by atoms with Crippen molar-refractivity contribution in [1.29, 1.82) is 0 Å². The normalized spacial score (nSPS) is 10.5. The maximum atomic E-state index is 12.2. The zero-order valence-electron chi connectivity index (χ0n) is 11.4. The highest BCUT2D eigenvalue weighted by Gasteiger charge is 2.07. The molecule has 1 heterocycles. The smallest absolute Gasteiger partial charge is 0.255 e. The Bertz CT molecular complexity index is 799. The standard InChI is InChI=1S/C17H15N3O/c18-10-12-4-3-6-14(8-12)17(21)20-15-9-13-5-1-2-7-16(13)19-11-15/h1-9,11H,10,18H2,(H,20,21). The van der Waals surface area contributed by atoms with Crippen molar-refractivity contribution in [2.45, 2.75) is 6.54 Å². The second-order valence-electron chi connectivity index (χ2n) is 4.78. The summed E-state index contributed by atoms with van der Waals surface area (Å²) >= 11 is 0. The van der Waals surface area contributed by atoms with E-state index in [4.69, 9.17) is 5.73 Å². The van der Waals surface area contributed by atoms with Gasteiger partial charge in [-0.15, -0.1) is 0 Å². The van der Waals surface area contributed by atoms with E-state index in [0.717, 1.165) is 16.5 Å². The number of rotatable bonds is 3. The van der Waals surface area contributed by atoms with Gasteiger partial charge in [-0.3, -0.25) is 9.78 Å². The SMILES string of the molecule is NCc1cccc(C(=O)Nc2cnc3ccccc3c2)c1. The number of nitrogens with zero attached hydrogens (tertiary/aromatic N) is 1. The van der Waals surface area contributed by atoms with Crippen molar-refractivity contribution in [2.75, 3.05) is 5.32 Å². The molecule has 1 aromatic heterocycles. The van der Waals surface area contributed by atoms with Gasteiger partial charge >= 0.3 is 0 Å². The molecule has 0 saturated heterocycles. The first kappa shape index (κ1) is 13.3. The van der Waals surface area contributed by atoms with E-state index >= 15 is 0 Å². The van der Waals surface area contributed by atoms with Crippen LogP contribution in [0.2, 0.25) is 0 Å². The average Bonchev–Trinajstić information content (AvgIpc) is 2.54. The Kier molecular flexibility index (Phi) is 3.62. The predicted molar refractivity (Wildman–Crippen MR) is 84.0 cm³/mol. The fraction of sp³-hybridized carbons (Fsp3) is 0.0588. The van der Waals surface area contributed by atoms with Gasteiger partial charge in [-0.2, -0.15) is 0 Å². The van der Waals surface area contributed by atoms with Gasteiger partial charge in [0.2, 0.25) is 0 Å². The molecule has 104 valence electrons. The Morgan fingerprint density at radius 2 is 1.95 bits per heavy atom. The van der Waals surface area contributed by atoms with Crippen LogP contribution in [0.4, 0.5) is 5.69 Å². The molecule has 0 aliphatic rings. The van der Waals surface area contributed by atoms with E-state index in [9.17, 15) is 4.79 Å². The topological polar surface area (TPSA) is 68.0 Å². The molecule has 3 rings (SSSR count). The van der Waals surface area contributed by atoms with Gasteiger partial charge < -0.3 is 11.1 Å². The van der Waals surface area contributed by atoms with Gasteiger partial charge in [0, 0.05) is 17.5 Å². The molecule has 1 amide bonds. The monoisotopic (exact) mass is 277 g/mol. The van der Waals surface area contributed by atoms with Gasteiger partial charge in [0.15, 0.2) is 0 Å². The lowest BCUT2D eigenvalue weighted by Crippen LogP contribution is -2.12. The number of hydrogen-bond acceptors (Lipinski definition) is 3. The molecule has 0 spiro atoms. The number of benzene rings is 2. The highest BCUT2D eigenvalue weighted by atomic mass is 16.1. The van der Waals surface area contributed by atoms with Crippen LogP contribution in [0.25, 0.3) is 10.9 Å². The predicted octanol–water partition coefficient (Wildman–Crippen LogP) is 2.95. The Labute approximate surface area is 122 Å². The summed E-state index contributed by atoms with van der Waals surface area (Å²) in [6.07, 6.45) is 1.66. The van der Waals surface area contributed by atoms with Crippen LogP contribution in [0.1, 0.15) is 15.9 Å². The van der Waals surface area contributed by atoms with Gasteiger partial charge in [-0.1, -0.05) is 30.3 Å². The first-order valence-corrected chi connectivity index (χ1v) is 6.71. The molecule has 21 heavy (non-hydrogen) atoms. The Morgan fingerprint density at radius 1 is 1.10 bits per heavy atom. The number of carbonyl (C=O) groups is 1. The number of amides is 1. The minimum atomic E-state index is -0.164. The van der Waals surface area contributed by atoms with Crippen molar-refractivity contribution in [3.8, 4) is 0 Å². The molecule has 0 atom stereocenters. The minimum Gasteiger partial charge on any atom is -0.326 e. The van der Waals surface area contributed by atoms with Crippen LogP contribution in [0.15, 0.2) is 60.8 Å². The molecule has 0 unspecified atom stereocenters. The fourth-order valence-corrected chi connectivity index (χ4v) is 2.18. The summed E-state index contributed by atoms with van der Waals surface area (Å²) in [4.78, 5) is 16.6. The van der Waals surface area contributed by atoms with Crippen LogP contribution in [-0.2, 0) is 6.54 Å². The summed E-state index contributed by atoms with van der Waals surface area (Å²) in [6, 6.07) is 17.0. The molecule has 0 bridgehead atoms. The molecule has 0 fully saturated rings. The van der Waals surface area contributed by atoms with Crippen molar-refractivity contribution in [2.24, 2.45) is 5.73 Å². The minimum absolute atomic E-state index is 0.164. The largest absolute Gasteiger partial charge is 0.326 e. The highest BCUT2D eigenvalue weighted by molar-refractivity contribution is 6.05. The Balaban J connectivity index is 1.85. The van der Waals surface area contributed by atoms with Gasteiger partial charge in [-0.25, -0.2) is 0 Å². The number of para-hydroxylation sites is 1. The Hall–Kier alpha value is -2.72. The summed E-state index contributed by atoms with van der Waals surface area (Å²) in [5.41, 5.74) is 8.69. The number of fused-ring (bicyclic) bond motifs is 1. The lowest BCUT2D eigenvalue weighted by Gasteiger charge is -2.07. The third-order valence-corrected chi connectivity index (χ3v) is 3.27. The second-order valence-corrected chi connectivity index (χ2v) is 4.78. The highest BCUT2D eigenvalue weighted by Crippen LogP contribution is 2.17. The van der Waals surface area contributed by atoms with Crippen LogP contribution in [0, 0.1) is 0 Å². The fourth-order valence-electron chi connectivity index (χ4n) is 2.18. The summed E-state index contributed by atoms with van der Waals surface area (Å²) in [7, 11) is 0. The van der Waals surface area contributed by atoms with Crippen LogP contribution < -0.4 is 11.1 Å². The van der Waals surface area contributed by atoms with Crippen molar-refractivity contribution in [3.05, 3.63) is 71.9 Å². The molecule has 0 aliphatic heterocycles. The van der Waals surface area contributed by atoms with E-state index in [0.29, 0.717) is 17.8 Å². The van der Waals surface area contributed by atoms with Crippen LogP contribution >= 0.6 is 0 Å². The molecule has 2 aromatic carbocycles. The van der Waals surface area contributed by atoms with Gasteiger partial charge in [-0.05, 0) is 29.8 Å². The first-order valence-electron chi connectivity index (χ1n) is 6.71. The zero-order chi connectivity index (χ0) is 14.7. The molecule has 0 aliphatic carbocycles.